The second kappa shape index (κ2) is 6.32. The van der Waals surface area contributed by atoms with Crippen molar-refractivity contribution in [3.63, 3.8) is 0 Å². The summed E-state index contributed by atoms with van der Waals surface area (Å²) in [5, 5.41) is 31.6. The minimum atomic E-state index is -1.24. The van der Waals surface area contributed by atoms with Crippen LogP contribution in [0, 0.1) is 0 Å². The zero-order chi connectivity index (χ0) is 14.7. The fourth-order valence-corrected chi connectivity index (χ4v) is 2.33. The van der Waals surface area contributed by atoms with Gasteiger partial charge in [-0.2, -0.15) is 0 Å². The highest BCUT2D eigenvalue weighted by Crippen LogP contribution is 2.21. The van der Waals surface area contributed by atoms with Gasteiger partial charge in [0, 0.05) is 5.56 Å². The van der Waals surface area contributed by atoms with Gasteiger partial charge in [0.25, 0.3) is 5.91 Å². The van der Waals surface area contributed by atoms with Crippen LogP contribution in [0.3, 0.4) is 0 Å². The van der Waals surface area contributed by atoms with E-state index in [-0.39, 0.29) is 12.5 Å². The summed E-state index contributed by atoms with van der Waals surface area (Å²) in [6, 6.07) is 7.85. The SMILES string of the molecule is CC1OC(CO)C(O)C(O)C1NC(=O)c1ccccc1. The van der Waals surface area contributed by atoms with Crippen LogP contribution >= 0.6 is 0 Å². The van der Waals surface area contributed by atoms with Crippen molar-refractivity contribution in [3.05, 3.63) is 35.9 Å². The Morgan fingerprint density at radius 3 is 2.50 bits per heavy atom. The monoisotopic (exact) mass is 281 g/mol. The lowest BCUT2D eigenvalue weighted by atomic mass is 9.93. The van der Waals surface area contributed by atoms with Gasteiger partial charge in [0.05, 0.1) is 18.8 Å². The van der Waals surface area contributed by atoms with Gasteiger partial charge in [-0.1, -0.05) is 18.2 Å². The van der Waals surface area contributed by atoms with E-state index in [2.05, 4.69) is 5.32 Å². The van der Waals surface area contributed by atoms with Gasteiger partial charge in [-0.25, -0.2) is 0 Å². The molecule has 0 aliphatic carbocycles. The van der Waals surface area contributed by atoms with Crippen molar-refractivity contribution >= 4 is 5.91 Å². The number of amides is 1. The maximum absolute atomic E-state index is 12.1. The molecular formula is C14H19NO5. The molecule has 0 saturated carbocycles. The molecule has 5 unspecified atom stereocenters. The lowest BCUT2D eigenvalue weighted by Crippen LogP contribution is -2.63. The lowest BCUT2D eigenvalue weighted by Gasteiger charge is -2.41. The van der Waals surface area contributed by atoms with Gasteiger partial charge in [-0.05, 0) is 19.1 Å². The molecule has 0 bridgehead atoms. The Hall–Kier alpha value is -1.47. The number of rotatable bonds is 3. The Bertz CT molecular complexity index is 452. The number of aliphatic hydroxyl groups excluding tert-OH is 3. The molecule has 0 radical (unpaired) electrons. The van der Waals surface area contributed by atoms with Gasteiger partial charge in [-0.15, -0.1) is 0 Å². The van der Waals surface area contributed by atoms with Crippen LogP contribution in [0.15, 0.2) is 30.3 Å². The van der Waals surface area contributed by atoms with Crippen molar-refractivity contribution < 1.29 is 24.9 Å². The number of benzene rings is 1. The summed E-state index contributed by atoms with van der Waals surface area (Å²) in [5.41, 5.74) is 0.464. The topological polar surface area (TPSA) is 99.0 Å². The van der Waals surface area contributed by atoms with Crippen molar-refractivity contribution in [2.24, 2.45) is 0 Å². The molecular weight excluding hydrogens is 262 g/mol. The normalized spacial score (nSPS) is 33.7. The Morgan fingerprint density at radius 2 is 1.90 bits per heavy atom. The summed E-state index contributed by atoms with van der Waals surface area (Å²) in [5.74, 6) is -0.347. The first-order valence-electron chi connectivity index (χ1n) is 6.53. The maximum atomic E-state index is 12.1. The quantitative estimate of drug-likeness (QED) is 0.586. The first kappa shape index (κ1) is 14.9. The number of ether oxygens (including phenoxy) is 1. The Balaban J connectivity index is 2.07. The Morgan fingerprint density at radius 1 is 1.25 bits per heavy atom. The largest absolute Gasteiger partial charge is 0.394 e. The minimum absolute atomic E-state index is 0.347. The molecule has 0 aromatic heterocycles. The van der Waals surface area contributed by atoms with Crippen molar-refractivity contribution in [1.82, 2.24) is 5.32 Å². The van der Waals surface area contributed by atoms with Crippen LogP contribution in [-0.4, -0.2) is 58.3 Å². The first-order valence-corrected chi connectivity index (χ1v) is 6.53. The highest BCUT2D eigenvalue weighted by atomic mass is 16.5. The highest BCUT2D eigenvalue weighted by Gasteiger charge is 2.42. The lowest BCUT2D eigenvalue weighted by molar-refractivity contribution is -0.187. The summed E-state index contributed by atoms with van der Waals surface area (Å²) < 4.78 is 5.39. The average molecular weight is 281 g/mol. The van der Waals surface area contributed by atoms with E-state index in [4.69, 9.17) is 9.84 Å². The molecule has 1 amide bonds. The molecule has 20 heavy (non-hydrogen) atoms. The standard InChI is InChI=1S/C14H19NO5/c1-8-11(13(18)12(17)10(7-16)20-8)15-14(19)9-5-3-2-4-6-9/h2-6,8,10-13,16-18H,7H2,1H3,(H,15,19). The Labute approximate surface area is 117 Å². The molecule has 1 aliphatic heterocycles. The van der Waals surface area contributed by atoms with Crippen molar-refractivity contribution in [1.29, 1.82) is 0 Å². The molecule has 5 atom stereocenters. The van der Waals surface area contributed by atoms with Crippen LogP contribution in [0.4, 0.5) is 0 Å². The second-order valence-corrected chi connectivity index (χ2v) is 4.91. The number of hydrogen-bond acceptors (Lipinski definition) is 5. The molecule has 0 spiro atoms. The van der Waals surface area contributed by atoms with Gasteiger partial charge >= 0.3 is 0 Å². The third-order valence-electron chi connectivity index (χ3n) is 3.51. The van der Waals surface area contributed by atoms with E-state index in [1.807, 2.05) is 0 Å². The molecule has 110 valence electrons. The molecule has 1 aliphatic rings. The van der Waals surface area contributed by atoms with Crippen molar-refractivity contribution in [2.45, 2.75) is 37.4 Å². The summed E-state index contributed by atoms with van der Waals surface area (Å²) >= 11 is 0. The van der Waals surface area contributed by atoms with E-state index in [0.29, 0.717) is 5.56 Å². The van der Waals surface area contributed by atoms with Crippen LogP contribution in [-0.2, 0) is 4.74 Å². The van der Waals surface area contributed by atoms with Crippen LogP contribution in [0.25, 0.3) is 0 Å². The molecule has 1 aromatic carbocycles. The van der Waals surface area contributed by atoms with Gasteiger partial charge < -0.3 is 25.4 Å². The molecule has 6 nitrogen and oxygen atoms in total. The average Bonchev–Trinajstić information content (AvgIpc) is 2.48. The predicted molar refractivity (Wildman–Crippen MR) is 71.1 cm³/mol. The summed E-state index contributed by atoms with van der Waals surface area (Å²) in [7, 11) is 0. The minimum Gasteiger partial charge on any atom is -0.394 e. The fourth-order valence-electron chi connectivity index (χ4n) is 2.33. The molecule has 2 rings (SSSR count). The first-order chi connectivity index (χ1) is 9.54. The Kier molecular flexibility index (Phi) is 4.72. The van der Waals surface area contributed by atoms with E-state index in [1.165, 1.54) is 0 Å². The summed E-state index contributed by atoms with van der Waals surface area (Å²) in [6.45, 7) is 1.29. The third kappa shape index (κ3) is 2.99. The van der Waals surface area contributed by atoms with Crippen LogP contribution in [0.5, 0.6) is 0 Å². The van der Waals surface area contributed by atoms with Gasteiger partial charge in [-0.3, -0.25) is 4.79 Å². The van der Waals surface area contributed by atoms with Crippen molar-refractivity contribution in [3.8, 4) is 0 Å². The van der Waals surface area contributed by atoms with E-state index < -0.39 is 30.5 Å². The number of nitrogens with one attached hydrogen (secondary N) is 1. The molecule has 4 N–H and O–H groups in total. The molecule has 1 fully saturated rings. The maximum Gasteiger partial charge on any atom is 0.251 e. The summed E-state index contributed by atoms with van der Waals surface area (Å²) in [6.07, 6.45) is -3.79. The number of carbonyl (C=O) groups is 1. The summed E-state index contributed by atoms with van der Waals surface area (Å²) in [4.78, 5) is 12.1. The molecule has 1 heterocycles. The van der Waals surface area contributed by atoms with E-state index >= 15 is 0 Å². The zero-order valence-electron chi connectivity index (χ0n) is 11.1. The van der Waals surface area contributed by atoms with Crippen LogP contribution in [0.1, 0.15) is 17.3 Å². The number of aliphatic hydroxyl groups is 3. The molecule has 1 saturated heterocycles. The van der Waals surface area contributed by atoms with E-state index in [1.54, 1.807) is 37.3 Å². The number of hydrogen-bond donors (Lipinski definition) is 4. The highest BCUT2D eigenvalue weighted by molar-refractivity contribution is 5.94. The van der Waals surface area contributed by atoms with Crippen LogP contribution in [0.2, 0.25) is 0 Å². The third-order valence-corrected chi connectivity index (χ3v) is 3.51. The second-order valence-electron chi connectivity index (χ2n) is 4.91. The zero-order valence-corrected chi connectivity index (χ0v) is 11.1. The van der Waals surface area contributed by atoms with Gasteiger partial charge in [0.15, 0.2) is 0 Å². The van der Waals surface area contributed by atoms with E-state index in [0.717, 1.165) is 0 Å². The molecule has 6 heteroatoms. The van der Waals surface area contributed by atoms with Crippen molar-refractivity contribution in [2.75, 3.05) is 6.61 Å². The van der Waals surface area contributed by atoms with Gasteiger partial charge in [0.2, 0.25) is 0 Å². The predicted octanol–water partition coefficient (Wildman–Crippen LogP) is -0.714. The van der Waals surface area contributed by atoms with Gasteiger partial charge in [0.1, 0.15) is 18.3 Å². The molecule has 1 aromatic rings. The van der Waals surface area contributed by atoms with Crippen LogP contribution < -0.4 is 5.32 Å². The fraction of sp³-hybridized carbons (Fsp3) is 0.500. The smallest absolute Gasteiger partial charge is 0.251 e. The van der Waals surface area contributed by atoms with E-state index in [9.17, 15) is 15.0 Å². The number of carbonyl (C=O) groups excluding carboxylic acids is 1.